The highest BCUT2D eigenvalue weighted by molar-refractivity contribution is 9.10. The molecule has 2 aromatic rings. The van der Waals surface area contributed by atoms with Gasteiger partial charge in [0.05, 0.1) is 0 Å². The Labute approximate surface area is 112 Å². The smallest absolute Gasteiger partial charge is 0.160 e. The van der Waals surface area contributed by atoms with E-state index in [0.717, 1.165) is 11.3 Å². The predicted octanol–water partition coefficient (Wildman–Crippen LogP) is 4.32. The molecule has 0 bridgehead atoms. The van der Waals surface area contributed by atoms with Crippen LogP contribution in [0.1, 0.15) is 11.3 Å². The largest absolute Gasteiger partial charge is 0.233 e. The Morgan fingerprint density at radius 3 is 2.47 bits per heavy atom. The molecule has 0 saturated heterocycles. The molecule has 0 radical (unpaired) electrons. The van der Waals surface area contributed by atoms with Gasteiger partial charge in [-0.05, 0) is 48.0 Å². The molecule has 2 nitrogen and oxygen atoms in total. The number of aromatic nitrogens is 2. The molecule has 17 heavy (non-hydrogen) atoms. The quantitative estimate of drug-likeness (QED) is 0.733. The van der Waals surface area contributed by atoms with Crippen molar-refractivity contribution in [2.24, 2.45) is 0 Å². The van der Waals surface area contributed by atoms with Gasteiger partial charge in [0.25, 0.3) is 0 Å². The molecule has 2 rings (SSSR count). The fourth-order valence-electron chi connectivity index (χ4n) is 1.41. The number of rotatable bonds is 1. The van der Waals surface area contributed by atoms with Gasteiger partial charge in [0, 0.05) is 21.8 Å². The second kappa shape index (κ2) is 4.70. The third-order valence-electron chi connectivity index (χ3n) is 2.45. The van der Waals surface area contributed by atoms with E-state index >= 15 is 0 Å². The number of halogens is 3. The van der Waals surface area contributed by atoms with E-state index in [-0.39, 0.29) is 0 Å². The molecule has 1 aromatic carbocycles. The summed E-state index contributed by atoms with van der Waals surface area (Å²) >= 11 is 9.16. The van der Waals surface area contributed by atoms with Crippen LogP contribution in [0.25, 0.3) is 11.4 Å². The zero-order valence-electron chi connectivity index (χ0n) is 9.26. The number of hydrogen-bond acceptors (Lipinski definition) is 2. The van der Waals surface area contributed by atoms with Crippen molar-refractivity contribution in [2.45, 2.75) is 13.8 Å². The molecular weight excluding hydrogens is 307 g/mol. The number of benzene rings is 1. The van der Waals surface area contributed by atoms with Gasteiger partial charge in [-0.2, -0.15) is 0 Å². The summed E-state index contributed by atoms with van der Waals surface area (Å²) in [6.07, 6.45) is 0. The summed E-state index contributed by atoms with van der Waals surface area (Å²) in [5.74, 6) is 0.0619. The SMILES string of the molecule is Cc1nc(-c2cc(F)cc(Cl)c2)nc(Br)c1C. The Morgan fingerprint density at radius 2 is 1.88 bits per heavy atom. The van der Waals surface area contributed by atoms with Crippen molar-refractivity contribution in [3.05, 3.63) is 44.9 Å². The molecular formula is C12H9BrClFN2. The van der Waals surface area contributed by atoms with Crippen LogP contribution in [0, 0.1) is 19.7 Å². The van der Waals surface area contributed by atoms with Gasteiger partial charge in [0.1, 0.15) is 10.4 Å². The van der Waals surface area contributed by atoms with Crippen molar-refractivity contribution in [1.29, 1.82) is 0 Å². The van der Waals surface area contributed by atoms with E-state index in [2.05, 4.69) is 25.9 Å². The van der Waals surface area contributed by atoms with Crippen molar-refractivity contribution in [3.8, 4) is 11.4 Å². The lowest BCUT2D eigenvalue weighted by Gasteiger charge is -2.06. The lowest BCUT2D eigenvalue weighted by Crippen LogP contribution is -1.97. The molecule has 0 saturated carbocycles. The Bertz CT molecular complexity index is 543. The van der Waals surface area contributed by atoms with E-state index in [1.165, 1.54) is 12.1 Å². The van der Waals surface area contributed by atoms with Crippen LogP contribution in [-0.2, 0) is 0 Å². The first-order valence-corrected chi connectivity index (χ1v) is 6.11. The van der Waals surface area contributed by atoms with Gasteiger partial charge >= 0.3 is 0 Å². The zero-order chi connectivity index (χ0) is 12.6. The molecule has 0 aliphatic rings. The van der Waals surface area contributed by atoms with Gasteiger partial charge in [0.2, 0.25) is 0 Å². The molecule has 0 aliphatic carbocycles. The number of aryl methyl sites for hydroxylation is 1. The lowest BCUT2D eigenvalue weighted by atomic mass is 10.2. The van der Waals surface area contributed by atoms with E-state index in [1.54, 1.807) is 6.07 Å². The third-order valence-corrected chi connectivity index (χ3v) is 3.44. The highest BCUT2D eigenvalue weighted by Crippen LogP contribution is 2.25. The second-order valence-electron chi connectivity index (χ2n) is 3.71. The fraction of sp³-hybridized carbons (Fsp3) is 0.167. The Balaban J connectivity index is 2.60. The van der Waals surface area contributed by atoms with Crippen LogP contribution in [0.3, 0.4) is 0 Å². The molecule has 5 heteroatoms. The Morgan fingerprint density at radius 1 is 1.18 bits per heavy atom. The number of hydrogen-bond donors (Lipinski definition) is 0. The summed E-state index contributed by atoms with van der Waals surface area (Å²) < 4.78 is 14.0. The minimum atomic E-state index is -0.398. The molecule has 0 spiro atoms. The molecule has 0 unspecified atom stereocenters. The van der Waals surface area contributed by atoms with E-state index in [9.17, 15) is 4.39 Å². The highest BCUT2D eigenvalue weighted by atomic mass is 79.9. The Kier molecular flexibility index (Phi) is 3.45. The summed E-state index contributed by atoms with van der Waals surface area (Å²) in [6.45, 7) is 3.80. The minimum absolute atomic E-state index is 0.331. The summed E-state index contributed by atoms with van der Waals surface area (Å²) in [5.41, 5.74) is 2.39. The summed E-state index contributed by atoms with van der Waals surface area (Å²) in [7, 11) is 0. The Hall–Kier alpha value is -1.00. The van der Waals surface area contributed by atoms with Crippen molar-refractivity contribution in [2.75, 3.05) is 0 Å². The summed E-state index contributed by atoms with van der Waals surface area (Å²) in [6, 6.07) is 4.25. The summed E-state index contributed by atoms with van der Waals surface area (Å²) in [4.78, 5) is 8.59. The van der Waals surface area contributed by atoms with Crippen molar-refractivity contribution >= 4 is 27.5 Å². The average molecular weight is 316 g/mol. The first-order valence-electron chi connectivity index (χ1n) is 4.94. The van der Waals surface area contributed by atoms with Gasteiger partial charge in [-0.15, -0.1) is 0 Å². The minimum Gasteiger partial charge on any atom is -0.233 e. The van der Waals surface area contributed by atoms with Crippen molar-refractivity contribution in [1.82, 2.24) is 9.97 Å². The van der Waals surface area contributed by atoms with Crippen LogP contribution in [0.15, 0.2) is 22.8 Å². The molecule has 0 fully saturated rings. The fourth-order valence-corrected chi connectivity index (χ4v) is 2.08. The molecule has 1 heterocycles. The van der Waals surface area contributed by atoms with Crippen LogP contribution >= 0.6 is 27.5 Å². The monoisotopic (exact) mass is 314 g/mol. The maximum atomic E-state index is 13.2. The maximum absolute atomic E-state index is 13.2. The third kappa shape index (κ3) is 2.64. The predicted molar refractivity (Wildman–Crippen MR) is 69.6 cm³/mol. The van der Waals surface area contributed by atoms with Gasteiger partial charge in [0.15, 0.2) is 5.82 Å². The second-order valence-corrected chi connectivity index (χ2v) is 4.89. The molecule has 0 amide bonds. The van der Waals surface area contributed by atoms with Crippen molar-refractivity contribution in [3.63, 3.8) is 0 Å². The van der Waals surface area contributed by atoms with Gasteiger partial charge in [-0.3, -0.25) is 0 Å². The number of nitrogens with zero attached hydrogens (tertiary/aromatic N) is 2. The van der Waals surface area contributed by atoms with E-state index in [0.29, 0.717) is 21.0 Å². The molecule has 1 aromatic heterocycles. The van der Waals surface area contributed by atoms with E-state index in [1.807, 2.05) is 13.8 Å². The average Bonchev–Trinajstić information content (AvgIpc) is 2.23. The molecule has 0 N–H and O–H groups in total. The van der Waals surface area contributed by atoms with Gasteiger partial charge in [-0.25, -0.2) is 14.4 Å². The summed E-state index contributed by atoms with van der Waals surface area (Å²) in [5, 5.41) is 0.331. The molecule has 0 aliphatic heterocycles. The van der Waals surface area contributed by atoms with Crippen LogP contribution < -0.4 is 0 Å². The van der Waals surface area contributed by atoms with Crippen LogP contribution in [0.5, 0.6) is 0 Å². The molecule has 0 atom stereocenters. The van der Waals surface area contributed by atoms with Gasteiger partial charge in [-0.1, -0.05) is 11.6 Å². The van der Waals surface area contributed by atoms with Crippen LogP contribution in [-0.4, -0.2) is 9.97 Å². The van der Waals surface area contributed by atoms with Gasteiger partial charge < -0.3 is 0 Å². The highest BCUT2D eigenvalue weighted by Gasteiger charge is 2.09. The van der Waals surface area contributed by atoms with Crippen molar-refractivity contribution < 1.29 is 4.39 Å². The topological polar surface area (TPSA) is 25.8 Å². The van der Waals surface area contributed by atoms with Crippen LogP contribution in [0.2, 0.25) is 5.02 Å². The first-order chi connectivity index (χ1) is 7.97. The zero-order valence-corrected chi connectivity index (χ0v) is 11.6. The van der Waals surface area contributed by atoms with Crippen LogP contribution in [0.4, 0.5) is 4.39 Å². The standard InChI is InChI=1S/C12H9BrClFN2/c1-6-7(2)16-12(17-11(6)13)8-3-9(14)5-10(15)4-8/h3-5H,1-2H3. The molecule has 88 valence electrons. The first kappa shape index (κ1) is 12.5. The van der Waals surface area contributed by atoms with E-state index < -0.39 is 5.82 Å². The lowest BCUT2D eigenvalue weighted by molar-refractivity contribution is 0.628. The maximum Gasteiger partial charge on any atom is 0.160 e. The van der Waals surface area contributed by atoms with E-state index in [4.69, 9.17) is 11.6 Å². The normalized spacial score (nSPS) is 10.6.